The molecule has 8 heteroatoms. The molecule has 194 valence electrons. The lowest BCUT2D eigenvalue weighted by atomic mass is 9.66. The molecule has 0 saturated carbocycles. The van der Waals surface area contributed by atoms with Gasteiger partial charge in [0.1, 0.15) is 12.6 Å². The molecule has 2 bridgehead atoms. The number of ether oxygens (including phenoxy) is 1. The standard InChI is InChI=1S/C28H36N2O5S/c1-6-13-29(20-17-18(3)9-10-19(20)4)25(33)23-28-12-11-27(5,36-28)22(26(34)35-16-7-2)21(28)24(32)30(23)14-8-15-31/h6-7,9-10,17,21-23,31H,1-2,8,11-16H2,3-5H3/t21-,22+,23?,27-,28?/m0/s1. The Labute approximate surface area is 217 Å². The smallest absolute Gasteiger partial charge is 0.311 e. The highest BCUT2D eigenvalue weighted by atomic mass is 32.2. The summed E-state index contributed by atoms with van der Waals surface area (Å²) in [4.78, 5) is 45.0. The highest BCUT2D eigenvalue weighted by Crippen LogP contribution is 2.71. The van der Waals surface area contributed by atoms with Gasteiger partial charge in [-0.15, -0.1) is 18.3 Å². The van der Waals surface area contributed by atoms with Crippen molar-refractivity contribution in [2.45, 2.75) is 55.6 Å². The number of esters is 1. The van der Waals surface area contributed by atoms with Gasteiger partial charge < -0.3 is 19.6 Å². The number of aliphatic hydroxyl groups is 1. The fourth-order valence-electron chi connectivity index (χ4n) is 6.37. The van der Waals surface area contributed by atoms with Crippen LogP contribution in [-0.2, 0) is 19.1 Å². The number of hydrogen-bond donors (Lipinski definition) is 1. The lowest BCUT2D eigenvalue weighted by Gasteiger charge is -2.37. The van der Waals surface area contributed by atoms with Gasteiger partial charge in [-0.3, -0.25) is 14.4 Å². The molecule has 3 fully saturated rings. The molecule has 36 heavy (non-hydrogen) atoms. The van der Waals surface area contributed by atoms with Gasteiger partial charge in [-0.1, -0.05) is 30.9 Å². The van der Waals surface area contributed by atoms with E-state index in [-0.39, 0.29) is 31.6 Å². The summed E-state index contributed by atoms with van der Waals surface area (Å²) in [6, 6.07) is 5.23. The van der Waals surface area contributed by atoms with Crippen LogP contribution in [0.4, 0.5) is 5.69 Å². The minimum absolute atomic E-state index is 0.0837. The molecular formula is C28H36N2O5S. The Hall–Kier alpha value is -2.58. The predicted octanol–water partition coefficient (Wildman–Crippen LogP) is 3.42. The van der Waals surface area contributed by atoms with Crippen LogP contribution in [0, 0.1) is 25.7 Å². The summed E-state index contributed by atoms with van der Waals surface area (Å²) in [5.41, 5.74) is 2.78. The Morgan fingerprint density at radius 3 is 2.69 bits per heavy atom. The van der Waals surface area contributed by atoms with Gasteiger partial charge in [0.05, 0.1) is 16.6 Å². The number of nitrogens with zero attached hydrogens (tertiary/aromatic N) is 2. The first-order valence-electron chi connectivity index (χ1n) is 12.5. The molecule has 0 radical (unpaired) electrons. The molecule has 1 spiro atoms. The number of amides is 2. The third-order valence-corrected chi connectivity index (χ3v) is 9.88. The first-order valence-corrected chi connectivity index (χ1v) is 13.4. The normalized spacial score (nSPS) is 30.3. The van der Waals surface area contributed by atoms with Crippen molar-refractivity contribution >= 4 is 35.2 Å². The number of thioether (sulfide) groups is 1. The molecule has 3 aliphatic rings. The monoisotopic (exact) mass is 512 g/mol. The second kappa shape index (κ2) is 10.1. The summed E-state index contributed by atoms with van der Waals surface area (Å²) in [6.45, 7) is 14.0. The van der Waals surface area contributed by atoms with Gasteiger partial charge in [-0.25, -0.2) is 0 Å². The van der Waals surface area contributed by atoms with Crippen LogP contribution < -0.4 is 4.90 Å². The van der Waals surface area contributed by atoms with E-state index in [1.807, 2.05) is 39.0 Å². The number of carbonyl (C=O) groups is 3. The summed E-state index contributed by atoms with van der Waals surface area (Å²) in [7, 11) is 0. The summed E-state index contributed by atoms with van der Waals surface area (Å²) in [5, 5.41) is 9.55. The largest absolute Gasteiger partial charge is 0.461 e. The van der Waals surface area contributed by atoms with Crippen LogP contribution in [0.1, 0.15) is 37.3 Å². The molecule has 1 aromatic carbocycles. The van der Waals surface area contributed by atoms with Crippen molar-refractivity contribution in [1.82, 2.24) is 4.90 Å². The summed E-state index contributed by atoms with van der Waals surface area (Å²) in [6.07, 6.45) is 4.95. The Balaban J connectivity index is 1.80. The number of fused-ring (bicyclic) bond motifs is 1. The zero-order valence-corrected chi connectivity index (χ0v) is 22.2. The van der Waals surface area contributed by atoms with Crippen molar-refractivity contribution in [1.29, 1.82) is 0 Å². The Morgan fingerprint density at radius 2 is 2.03 bits per heavy atom. The minimum atomic E-state index is -0.745. The van der Waals surface area contributed by atoms with Crippen molar-refractivity contribution in [2.75, 3.05) is 31.2 Å². The van der Waals surface area contributed by atoms with Crippen molar-refractivity contribution in [3.63, 3.8) is 0 Å². The van der Waals surface area contributed by atoms with E-state index in [2.05, 4.69) is 13.2 Å². The second-order valence-electron chi connectivity index (χ2n) is 10.3. The van der Waals surface area contributed by atoms with Gasteiger partial charge in [0.2, 0.25) is 5.91 Å². The zero-order valence-electron chi connectivity index (χ0n) is 21.4. The number of benzene rings is 1. The first-order chi connectivity index (χ1) is 17.1. The summed E-state index contributed by atoms with van der Waals surface area (Å²) < 4.78 is 4.24. The van der Waals surface area contributed by atoms with Crippen LogP contribution in [0.25, 0.3) is 0 Å². The molecule has 7 nitrogen and oxygen atoms in total. The van der Waals surface area contributed by atoms with E-state index in [0.29, 0.717) is 19.4 Å². The minimum Gasteiger partial charge on any atom is -0.461 e. The highest BCUT2D eigenvalue weighted by Gasteiger charge is 2.77. The van der Waals surface area contributed by atoms with Crippen LogP contribution in [-0.4, -0.2) is 69.6 Å². The Kier molecular flexibility index (Phi) is 7.40. The lowest BCUT2D eigenvalue weighted by Crippen LogP contribution is -2.55. The van der Waals surface area contributed by atoms with E-state index in [9.17, 15) is 19.5 Å². The fourth-order valence-corrected chi connectivity index (χ4v) is 8.71. The number of likely N-dealkylation sites (tertiary alicyclic amines) is 1. The fraction of sp³-hybridized carbons (Fsp3) is 0.536. The molecule has 3 saturated heterocycles. The predicted molar refractivity (Wildman–Crippen MR) is 142 cm³/mol. The maximum atomic E-state index is 14.5. The molecule has 1 N–H and O–H groups in total. The van der Waals surface area contributed by atoms with E-state index in [4.69, 9.17) is 4.74 Å². The van der Waals surface area contributed by atoms with Gasteiger partial charge >= 0.3 is 5.97 Å². The highest BCUT2D eigenvalue weighted by molar-refractivity contribution is 8.02. The molecule has 0 aromatic heterocycles. The quantitative estimate of drug-likeness (QED) is 0.382. The van der Waals surface area contributed by atoms with Crippen LogP contribution in [0.15, 0.2) is 43.5 Å². The zero-order chi connectivity index (χ0) is 26.3. The molecule has 2 unspecified atom stereocenters. The Morgan fingerprint density at radius 1 is 1.28 bits per heavy atom. The SMILES string of the molecule is C=CCOC(=O)[C@H]1[C@H]2C(=O)N(CCCO)C(C(=O)N(CC=C)c3cc(C)ccc3C)C23CC[C@]1(C)S3. The van der Waals surface area contributed by atoms with E-state index < -0.39 is 33.3 Å². The topological polar surface area (TPSA) is 87.1 Å². The molecular weight excluding hydrogens is 476 g/mol. The third-order valence-electron chi connectivity index (χ3n) is 7.90. The van der Waals surface area contributed by atoms with E-state index >= 15 is 0 Å². The number of carbonyl (C=O) groups excluding carboxylic acids is 3. The number of aliphatic hydroxyl groups excluding tert-OH is 1. The average molecular weight is 513 g/mol. The van der Waals surface area contributed by atoms with Gasteiger partial charge in [-0.2, -0.15) is 0 Å². The first kappa shape index (κ1) is 26.5. The number of rotatable bonds is 10. The molecule has 4 rings (SSSR count). The van der Waals surface area contributed by atoms with Crippen LogP contribution in [0.5, 0.6) is 0 Å². The van der Waals surface area contributed by atoms with Crippen molar-refractivity contribution in [3.05, 3.63) is 54.6 Å². The summed E-state index contributed by atoms with van der Waals surface area (Å²) >= 11 is 1.61. The number of aryl methyl sites for hydroxylation is 2. The molecule has 5 atom stereocenters. The lowest BCUT2D eigenvalue weighted by molar-refractivity contribution is -0.154. The van der Waals surface area contributed by atoms with E-state index in [1.165, 1.54) is 6.08 Å². The maximum Gasteiger partial charge on any atom is 0.311 e. The third kappa shape index (κ3) is 4.08. The molecule has 0 aliphatic carbocycles. The van der Waals surface area contributed by atoms with Crippen LogP contribution in [0.3, 0.4) is 0 Å². The molecule has 3 heterocycles. The number of anilines is 1. The van der Waals surface area contributed by atoms with E-state index in [0.717, 1.165) is 23.2 Å². The van der Waals surface area contributed by atoms with Crippen LogP contribution in [0.2, 0.25) is 0 Å². The van der Waals surface area contributed by atoms with Gasteiger partial charge in [0, 0.05) is 30.1 Å². The second-order valence-corrected chi connectivity index (χ2v) is 12.2. The van der Waals surface area contributed by atoms with Gasteiger partial charge in [0.15, 0.2) is 0 Å². The molecule has 1 aromatic rings. The maximum absolute atomic E-state index is 14.5. The summed E-state index contributed by atoms with van der Waals surface area (Å²) in [5.74, 6) is -2.05. The van der Waals surface area contributed by atoms with Gasteiger partial charge in [0.25, 0.3) is 5.91 Å². The van der Waals surface area contributed by atoms with Crippen LogP contribution >= 0.6 is 11.8 Å². The molecule has 3 aliphatic heterocycles. The Bertz CT molecular complexity index is 1090. The van der Waals surface area contributed by atoms with E-state index in [1.54, 1.807) is 27.6 Å². The average Bonchev–Trinajstić information content (AvgIpc) is 3.41. The van der Waals surface area contributed by atoms with Gasteiger partial charge in [-0.05, 0) is 57.2 Å². The van der Waals surface area contributed by atoms with Crippen molar-refractivity contribution < 1.29 is 24.2 Å². The van der Waals surface area contributed by atoms with Crippen molar-refractivity contribution in [3.8, 4) is 0 Å². The number of hydrogen-bond acceptors (Lipinski definition) is 6. The molecule has 2 amide bonds. The van der Waals surface area contributed by atoms with Crippen molar-refractivity contribution in [2.24, 2.45) is 11.8 Å².